The minimum atomic E-state index is -0.00931. The van der Waals surface area contributed by atoms with E-state index in [-0.39, 0.29) is 11.8 Å². The molecule has 1 saturated heterocycles. The summed E-state index contributed by atoms with van der Waals surface area (Å²) in [5.74, 6) is 1.53. The summed E-state index contributed by atoms with van der Waals surface area (Å²) in [5.41, 5.74) is 2.65. The van der Waals surface area contributed by atoms with Gasteiger partial charge in [-0.05, 0) is 37.6 Å². The standard InChI is InChI=1S/C15H19N3O/c1-9(2)15-17-11-6-5-10(8-13(11)18-15)14(19)12-4-3-7-16-12/h5-6,8-9,12,16H,3-4,7H2,1-2H3,(H,17,18). The van der Waals surface area contributed by atoms with Crippen molar-refractivity contribution in [1.29, 1.82) is 0 Å². The molecule has 1 aliphatic heterocycles. The summed E-state index contributed by atoms with van der Waals surface area (Å²) in [6.07, 6.45) is 2.03. The normalized spacial score (nSPS) is 19.4. The molecule has 1 atom stereocenters. The molecule has 2 N–H and O–H groups in total. The Bertz CT molecular complexity index is 609. The number of aromatic amines is 1. The van der Waals surface area contributed by atoms with Gasteiger partial charge in [-0.3, -0.25) is 4.79 Å². The molecule has 0 saturated carbocycles. The van der Waals surface area contributed by atoms with E-state index in [1.54, 1.807) is 0 Å². The molecule has 4 heteroatoms. The third-order valence-electron chi connectivity index (χ3n) is 3.71. The molecule has 1 aromatic carbocycles. The molecule has 1 unspecified atom stereocenters. The SMILES string of the molecule is CC(C)c1nc2ccc(C(=O)C3CCCN3)cc2[nH]1. The van der Waals surface area contributed by atoms with Crippen LogP contribution in [-0.4, -0.2) is 28.3 Å². The van der Waals surface area contributed by atoms with Crippen molar-refractivity contribution in [2.45, 2.75) is 38.6 Å². The van der Waals surface area contributed by atoms with Gasteiger partial charge in [0, 0.05) is 11.5 Å². The molecule has 0 radical (unpaired) electrons. The Hall–Kier alpha value is -1.68. The summed E-state index contributed by atoms with van der Waals surface area (Å²) in [4.78, 5) is 20.2. The first-order valence-corrected chi connectivity index (χ1v) is 6.92. The number of Topliss-reactive ketones (excluding diaryl/α,β-unsaturated/α-hetero) is 1. The van der Waals surface area contributed by atoms with Crippen molar-refractivity contribution in [3.05, 3.63) is 29.6 Å². The number of H-pyrrole nitrogens is 1. The molecule has 0 amide bonds. The lowest BCUT2D eigenvalue weighted by atomic mass is 10.0. The molecular weight excluding hydrogens is 238 g/mol. The van der Waals surface area contributed by atoms with E-state index in [9.17, 15) is 4.79 Å². The van der Waals surface area contributed by atoms with Gasteiger partial charge in [0.25, 0.3) is 0 Å². The van der Waals surface area contributed by atoms with Gasteiger partial charge in [-0.2, -0.15) is 0 Å². The van der Waals surface area contributed by atoms with Crippen LogP contribution in [0.2, 0.25) is 0 Å². The number of nitrogens with zero attached hydrogens (tertiary/aromatic N) is 1. The lowest BCUT2D eigenvalue weighted by Crippen LogP contribution is -2.30. The zero-order chi connectivity index (χ0) is 13.4. The fourth-order valence-corrected chi connectivity index (χ4v) is 2.57. The highest BCUT2D eigenvalue weighted by atomic mass is 16.1. The maximum atomic E-state index is 12.3. The van der Waals surface area contributed by atoms with E-state index in [1.165, 1.54) is 0 Å². The third-order valence-corrected chi connectivity index (χ3v) is 3.71. The number of hydrogen-bond acceptors (Lipinski definition) is 3. The number of carbonyl (C=O) groups is 1. The number of nitrogens with one attached hydrogen (secondary N) is 2. The minimum absolute atomic E-state index is 0.00931. The average molecular weight is 257 g/mol. The summed E-state index contributed by atoms with van der Waals surface area (Å²) in [7, 11) is 0. The van der Waals surface area contributed by atoms with Crippen LogP contribution in [-0.2, 0) is 0 Å². The summed E-state index contributed by atoms with van der Waals surface area (Å²) in [5, 5.41) is 3.25. The van der Waals surface area contributed by atoms with E-state index in [0.29, 0.717) is 5.92 Å². The third kappa shape index (κ3) is 2.28. The van der Waals surface area contributed by atoms with Gasteiger partial charge in [0.2, 0.25) is 0 Å². The Kier molecular flexibility index (Phi) is 3.11. The molecule has 100 valence electrons. The van der Waals surface area contributed by atoms with Crippen LogP contribution in [0, 0.1) is 0 Å². The van der Waals surface area contributed by atoms with Gasteiger partial charge >= 0.3 is 0 Å². The van der Waals surface area contributed by atoms with E-state index in [2.05, 4.69) is 29.1 Å². The van der Waals surface area contributed by atoms with Crippen LogP contribution in [0.1, 0.15) is 48.8 Å². The van der Waals surface area contributed by atoms with Gasteiger partial charge in [0.1, 0.15) is 5.82 Å². The molecule has 19 heavy (non-hydrogen) atoms. The number of carbonyl (C=O) groups excluding carboxylic acids is 1. The molecule has 2 heterocycles. The Morgan fingerprint density at radius 1 is 1.42 bits per heavy atom. The van der Waals surface area contributed by atoms with Crippen molar-refractivity contribution in [3.63, 3.8) is 0 Å². The number of fused-ring (bicyclic) bond motifs is 1. The van der Waals surface area contributed by atoms with E-state index >= 15 is 0 Å². The highest BCUT2D eigenvalue weighted by molar-refractivity contribution is 6.02. The highest BCUT2D eigenvalue weighted by Gasteiger charge is 2.23. The average Bonchev–Trinajstić information content (AvgIpc) is 3.06. The molecule has 4 nitrogen and oxygen atoms in total. The fraction of sp³-hybridized carbons (Fsp3) is 0.467. The summed E-state index contributed by atoms with van der Waals surface area (Å²) in [6.45, 7) is 5.15. The van der Waals surface area contributed by atoms with Crippen molar-refractivity contribution in [2.75, 3.05) is 6.54 Å². The Morgan fingerprint density at radius 2 is 2.26 bits per heavy atom. The first kappa shape index (κ1) is 12.4. The number of aromatic nitrogens is 2. The quantitative estimate of drug-likeness (QED) is 0.831. The zero-order valence-corrected chi connectivity index (χ0v) is 11.4. The Balaban J connectivity index is 1.94. The van der Waals surface area contributed by atoms with Crippen LogP contribution >= 0.6 is 0 Å². The predicted octanol–water partition coefficient (Wildman–Crippen LogP) is 2.62. The number of hydrogen-bond donors (Lipinski definition) is 2. The maximum Gasteiger partial charge on any atom is 0.179 e. The number of rotatable bonds is 3. The molecule has 1 aromatic heterocycles. The maximum absolute atomic E-state index is 12.3. The smallest absolute Gasteiger partial charge is 0.179 e. The van der Waals surface area contributed by atoms with Crippen LogP contribution in [0.4, 0.5) is 0 Å². The van der Waals surface area contributed by atoms with E-state index in [1.807, 2.05) is 18.2 Å². The highest BCUT2D eigenvalue weighted by Crippen LogP contribution is 2.20. The zero-order valence-electron chi connectivity index (χ0n) is 11.4. The molecule has 0 spiro atoms. The van der Waals surface area contributed by atoms with Crippen molar-refractivity contribution in [1.82, 2.24) is 15.3 Å². The molecule has 1 aliphatic rings. The van der Waals surface area contributed by atoms with Crippen LogP contribution in [0.25, 0.3) is 11.0 Å². The number of imidazole rings is 1. The van der Waals surface area contributed by atoms with Crippen molar-refractivity contribution in [2.24, 2.45) is 0 Å². The van der Waals surface area contributed by atoms with Gasteiger partial charge < -0.3 is 10.3 Å². The van der Waals surface area contributed by atoms with Crippen LogP contribution in [0.15, 0.2) is 18.2 Å². The number of ketones is 1. The Morgan fingerprint density at radius 3 is 2.95 bits per heavy atom. The second-order valence-corrected chi connectivity index (χ2v) is 5.52. The van der Waals surface area contributed by atoms with Crippen LogP contribution in [0.3, 0.4) is 0 Å². The Labute approximate surface area is 112 Å². The first-order chi connectivity index (χ1) is 9.15. The van der Waals surface area contributed by atoms with E-state index in [4.69, 9.17) is 0 Å². The lowest BCUT2D eigenvalue weighted by molar-refractivity contribution is 0.0952. The lowest BCUT2D eigenvalue weighted by Gasteiger charge is -2.08. The van der Waals surface area contributed by atoms with Crippen molar-refractivity contribution in [3.8, 4) is 0 Å². The second-order valence-electron chi connectivity index (χ2n) is 5.52. The fourth-order valence-electron chi connectivity index (χ4n) is 2.57. The van der Waals surface area contributed by atoms with E-state index in [0.717, 1.165) is 41.8 Å². The van der Waals surface area contributed by atoms with Gasteiger partial charge in [-0.25, -0.2) is 4.98 Å². The molecule has 1 fully saturated rings. The van der Waals surface area contributed by atoms with Gasteiger partial charge in [-0.1, -0.05) is 13.8 Å². The predicted molar refractivity (Wildman–Crippen MR) is 75.5 cm³/mol. The van der Waals surface area contributed by atoms with Crippen molar-refractivity contribution < 1.29 is 4.79 Å². The minimum Gasteiger partial charge on any atom is -0.342 e. The van der Waals surface area contributed by atoms with Gasteiger partial charge in [0.15, 0.2) is 5.78 Å². The molecule has 0 aliphatic carbocycles. The molecule has 3 rings (SSSR count). The molecular formula is C15H19N3O. The number of benzene rings is 1. The molecule has 2 aromatic rings. The van der Waals surface area contributed by atoms with Crippen LogP contribution < -0.4 is 5.32 Å². The summed E-state index contributed by atoms with van der Waals surface area (Å²) < 4.78 is 0. The second kappa shape index (κ2) is 4.78. The van der Waals surface area contributed by atoms with Gasteiger partial charge in [-0.15, -0.1) is 0 Å². The van der Waals surface area contributed by atoms with E-state index < -0.39 is 0 Å². The summed E-state index contributed by atoms with van der Waals surface area (Å²) in [6, 6.07) is 5.73. The topological polar surface area (TPSA) is 57.8 Å². The largest absolute Gasteiger partial charge is 0.342 e. The monoisotopic (exact) mass is 257 g/mol. The van der Waals surface area contributed by atoms with Gasteiger partial charge in [0.05, 0.1) is 17.1 Å². The molecule has 0 bridgehead atoms. The van der Waals surface area contributed by atoms with Crippen molar-refractivity contribution >= 4 is 16.8 Å². The summed E-state index contributed by atoms with van der Waals surface area (Å²) >= 11 is 0. The first-order valence-electron chi connectivity index (χ1n) is 6.92. The van der Waals surface area contributed by atoms with Crippen LogP contribution in [0.5, 0.6) is 0 Å².